The zero-order chi connectivity index (χ0) is 53.6. The molecule has 0 atom stereocenters. The molecule has 0 spiro atoms. The topological polar surface area (TPSA) is 50.9 Å². The van der Waals surface area contributed by atoms with E-state index in [1.165, 1.54) is 12.1 Å². The van der Waals surface area contributed by atoms with Crippen LogP contribution < -0.4 is 0 Å². The quantitative estimate of drug-likeness (QED) is 0.174. The van der Waals surface area contributed by atoms with Gasteiger partial charge in [-0.15, -0.1) is 0 Å². The number of para-hydroxylation sites is 1. The number of pyridine rings is 1. The third kappa shape index (κ3) is 8.24. The van der Waals surface area contributed by atoms with E-state index in [9.17, 15) is 5.11 Å². The van der Waals surface area contributed by atoms with Gasteiger partial charge in [-0.1, -0.05) is 167 Å². The maximum absolute atomic E-state index is 12.6. The van der Waals surface area contributed by atoms with Crippen molar-refractivity contribution >= 4 is 11.0 Å². The fourth-order valence-corrected chi connectivity index (χ4v) is 8.67. The van der Waals surface area contributed by atoms with Crippen molar-refractivity contribution in [1.82, 2.24) is 14.5 Å². The number of rotatable bonds is 7. The summed E-state index contributed by atoms with van der Waals surface area (Å²) in [5.74, 6) is -0.534. The van der Waals surface area contributed by atoms with Crippen LogP contribution >= 0.6 is 0 Å². The molecule has 8 aromatic rings. The molecule has 0 radical (unpaired) electrons. The lowest BCUT2D eigenvalue weighted by molar-refractivity contribution is 0.446. The first-order chi connectivity index (χ1) is 33.8. The predicted octanol–water partition coefficient (Wildman–Crippen LogP) is 16.1. The number of phenolic OH excluding ortho intramolecular Hbond substituents is 1. The first-order valence-corrected chi connectivity index (χ1v) is 21.6. The van der Waals surface area contributed by atoms with Gasteiger partial charge in [0.2, 0.25) is 0 Å². The summed E-state index contributed by atoms with van der Waals surface area (Å²) in [5, 5.41) is 12.6. The molecule has 0 aliphatic heterocycles. The molecule has 2 heterocycles. The van der Waals surface area contributed by atoms with Gasteiger partial charge >= 0.3 is 0 Å². The molecule has 6 aromatic carbocycles. The number of imidazole rings is 1. The van der Waals surface area contributed by atoms with Gasteiger partial charge in [0.1, 0.15) is 11.6 Å². The molecule has 0 aliphatic rings. The van der Waals surface area contributed by atoms with E-state index >= 15 is 0 Å². The molecule has 2 aromatic heterocycles. The smallest absolute Gasteiger partial charge is 0.149 e. The van der Waals surface area contributed by atoms with Crippen molar-refractivity contribution in [2.24, 2.45) is 0 Å². The van der Waals surface area contributed by atoms with E-state index in [2.05, 4.69) is 20.8 Å². The molecule has 0 aliphatic carbocycles. The highest BCUT2D eigenvalue weighted by Gasteiger charge is 2.30. The molecule has 0 unspecified atom stereocenters. The summed E-state index contributed by atoms with van der Waals surface area (Å²) in [5.41, 5.74) is 6.45. The van der Waals surface area contributed by atoms with E-state index in [-0.39, 0.29) is 11.2 Å². The molecule has 0 saturated heterocycles. The van der Waals surface area contributed by atoms with E-state index in [0.29, 0.717) is 56.1 Å². The summed E-state index contributed by atoms with van der Waals surface area (Å²) in [6, 6.07) is 39.5. The fraction of sp³-hybridized carbons (Fsp3) is 0.288. The number of hydrogen-bond donors (Lipinski definition) is 1. The molecule has 4 heteroatoms. The van der Waals surface area contributed by atoms with Crippen LogP contribution in [0.25, 0.3) is 72.7 Å². The number of aromatic nitrogens is 3. The second-order valence-electron chi connectivity index (χ2n) is 19.2. The Bertz CT molecular complexity index is 3350. The molecule has 0 saturated carbocycles. The molecule has 1 N–H and O–H groups in total. The lowest BCUT2D eigenvalue weighted by Gasteiger charge is -2.27. The lowest BCUT2D eigenvalue weighted by Crippen LogP contribution is -2.17. The largest absolute Gasteiger partial charge is 0.507 e. The monoisotopic (exact) mass is 840 g/mol. The van der Waals surface area contributed by atoms with Crippen molar-refractivity contribution in [2.45, 2.75) is 112 Å². The minimum atomic E-state index is -3.56. The van der Waals surface area contributed by atoms with Gasteiger partial charge in [0.25, 0.3) is 0 Å². The SMILES string of the molecule is [2H]C(C)(C)c1ccc(-n2c(-c3cc(C(C)(C)C)cc(C(C)(C)C)c3O)nc3c(-c4cc(-c5ncc(C)c(-c6ccccc6)c5C)cc(C(C([2H])([2H])[2H])(C([2H])([2H])[2H])C([2H])([2H])[2H])c4)cccc32)c(-c2ccccc2)c1. The molecule has 320 valence electrons. The summed E-state index contributed by atoms with van der Waals surface area (Å²) in [7, 11) is 0. The van der Waals surface area contributed by atoms with Crippen LogP contribution in [0.4, 0.5) is 0 Å². The molecular formula is C59H63N3O. The van der Waals surface area contributed by atoms with Crippen LogP contribution in [0.2, 0.25) is 0 Å². The average Bonchev–Trinajstić information content (AvgIpc) is 3.66. The van der Waals surface area contributed by atoms with Crippen LogP contribution in [0.3, 0.4) is 0 Å². The van der Waals surface area contributed by atoms with E-state index in [0.717, 1.165) is 44.5 Å². The van der Waals surface area contributed by atoms with Crippen LogP contribution in [0.1, 0.15) is 129 Å². The molecule has 8 rings (SSSR count). The maximum atomic E-state index is 12.6. The highest BCUT2D eigenvalue weighted by Crippen LogP contribution is 2.46. The minimum Gasteiger partial charge on any atom is -0.507 e. The number of aromatic hydroxyl groups is 1. The Morgan fingerprint density at radius 3 is 1.90 bits per heavy atom. The first-order valence-electron chi connectivity index (χ1n) is 26.6. The van der Waals surface area contributed by atoms with Gasteiger partial charge in [-0.25, -0.2) is 4.98 Å². The second kappa shape index (κ2) is 16.1. The highest BCUT2D eigenvalue weighted by molar-refractivity contribution is 5.98. The van der Waals surface area contributed by atoms with E-state index in [4.69, 9.17) is 23.7 Å². The van der Waals surface area contributed by atoms with Gasteiger partial charge in [0.05, 0.1) is 28.0 Å². The predicted molar refractivity (Wildman–Crippen MR) is 267 cm³/mol. The lowest BCUT2D eigenvalue weighted by atomic mass is 9.79. The second-order valence-corrected chi connectivity index (χ2v) is 19.2. The van der Waals surface area contributed by atoms with Crippen molar-refractivity contribution in [2.75, 3.05) is 0 Å². The third-order valence-electron chi connectivity index (χ3n) is 12.1. The summed E-state index contributed by atoms with van der Waals surface area (Å²) in [6.07, 6.45) is 1.71. The van der Waals surface area contributed by atoms with E-state index in [1.807, 2.05) is 156 Å². The van der Waals surface area contributed by atoms with Gasteiger partial charge in [-0.3, -0.25) is 9.55 Å². The summed E-state index contributed by atoms with van der Waals surface area (Å²) >= 11 is 0. The zero-order valence-electron chi connectivity index (χ0n) is 48.0. The normalized spacial score (nSPS) is 15.5. The molecule has 4 nitrogen and oxygen atoms in total. The van der Waals surface area contributed by atoms with Crippen LogP contribution in [-0.4, -0.2) is 19.6 Å². The van der Waals surface area contributed by atoms with Gasteiger partial charge in [-0.2, -0.15) is 0 Å². The molecule has 63 heavy (non-hydrogen) atoms. The highest BCUT2D eigenvalue weighted by atomic mass is 16.3. The fourth-order valence-electron chi connectivity index (χ4n) is 8.67. The Balaban J connectivity index is 1.57. The van der Waals surface area contributed by atoms with Crippen molar-refractivity contribution in [1.29, 1.82) is 0 Å². The Morgan fingerprint density at radius 2 is 1.27 bits per heavy atom. The van der Waals surface area contributed by atoms with Crippen LogP contribution in [0.5, 0.6) is 5.75 Å². The zero-order valence-corrected chi connectivity index (χ0v) is 38.0. The Morgan fingerprint density at radius 1 is 0.619 bits per heavy atom. The number of phenols is 1. The maximum Gasteiger partial charge on any atom is 0.149 e. The Hall–Kier alpha value is -6.26. The molecule has 0 amide bonds. The van der Waals surface area contributed by atoms with Crippen molar-refractivity contribution in [3.63, 3.8) is 0 Å². The third-order valence-corrected chi connectivity index (χ3v) is 12.1. The number of aryl methyl sites for hydroxylation is 1. The van der Waals surface area contributed by atoms with Gasteiger partial charge in [0, 0.05) is 42.2 Å². The standard InChI is InChI=1S/C59H63N3O/c1-36(2)41-27-28-50(47(32-41)39-21-16-14-17-22-39)62-51-26-20-25-46(54(51)61-56(62)48-33-45(58(8,9)10)34-49(55(48)63)59(11,12)13)42-29-43(31-44(30-42)57(5,6)7)53-38(4)52(37(3)35-60-53)40-23-18-15-19-24-40/h14-36,63H,1-13H3/i5D3,6D3,7D3,36D. The van der Waals surface area contributed by atoms with Crippen LogP contribution in [-0.2, 0) is 16.2 Å². The van der Waals surface area contributed by atoms with Crippen molar-refractivity contribution < 1.29 is 18.8 Å². The summed E-state index contributed by atoms with van der Waals surface area (Å²) < 4.78 is 90.6. The van der Waals surface area contributed by atoms with Gasteiger partial charge in [0.15, 0.2) is 0 Å². The molecular weight excluding hydrogens is 767 g/mol. The summed E-state index contributed by atoms with van der Waals surface area (Å²) in [6.45, 7) is 9.31. The number of nitrogens with zero attached hydrogens (tertiary/aromatic N) is 3. The van der Waals surface area contributed by atoms with E-state index in [1.54, 1.807) is 18.3 Å². The van der Waals surface area contributed by atoms with E-state index < -0.39 is 42.8 Å². The number of benzene rings is 6. The number of hydrogen-bond acceptors (Lipinski definition) is 3. The van der Waals surface area contributed by atoms with Crippen LogP contribution in [0.15, 0.2) is 134 Å². The first kappa shape index (κ1) is 32.4. The average molecular weight is 840 g/mol. The van der Waals surface area contributed by atoms with Crippen LogP contribution in [0, 0.1) is 13.8 Å². The van der Waals surface area contributed by atoms with Gasteiger partial charge in [-0.05, 0) is 122 Å². The Labute approximate surface area is 389 Å². The Kier molecular flexibility index (Phi) is 8.30. The van der Waals surface area contributed by atoms with Crippen molar-refractivity contribution in [3.05, 3.63) is 167 Å². The summed E-state index contributed by atoms with van der Waals surface area (Å²) in [4.78, 5) is 10.4. The minimum absolute atomic E-state index is 0.0426. The molecule has 0 fully saturated rings. The number of fused-ring (bicyclic) bond motifs is 1. The van der Waals surface area contributed by atoms with Gasteiger partial charge < -0.3 is 5.11 Å². The molecule has 0 bridgehead atoms. The van der Waals surface area contributed by atoms with Crippen molar-refractivity contribution in [3.8, 4) is 67.5 Å².